The minimum absolute atomic E-state index is 0.0117. The molecule has 0 spiro atoms. The van der Waals surface area contributed by atoms with Crippen LogP contribution in [0.2, 0.25) is 0 Å². The number of rotatable bonds is 4. The smallest absolute Gasteiger partial charge is 0.236 e. The monoisotopic (exact) mass is 248 g/mol. The molecule has 0 fully saturated rings. The van der Waals surface area contributed by atoms with Crippen molar-refractivity contribution in [3.05, 3.63) is 29.6 Å². The Kier molecular flexibility index (Phi) is 3.66. The van der Waals surface area contributed by atoms with E-state index < -0.39 is 5.54 Å². The molecule has 2 heterocycles. The SMILES string of the molecule is CC(C)Cc1cccc(C2=N[C@@](C)(CO)CO2)n1. The number of hydrogen-bond acceptors (Lipinski definition) is 4. The summed E-state index contributed by atoms with van der Waals surface area (Å²) < 4.78 is 5.53. The lowest BCUT2D eigenvalue weighted by molar-refractivity contribution is 0.170. The standard InChI is InChI=1S/C14H20N2O2/c1-10(2)7-11-5-4-6-12(15-11)13-16-14(3,8-17)9-18-13/h4-6,10,17H,7-9H2,1-3H3/t14-/m0/s1. The molecule has 4 nitrogen and oxygen atoms in total. The Hall–Kier alpha value is -1.42. The maximum Gasteiger partial charge on any atom is 0.236 e. The molecular weight excluding hydrogens is 228 g/mol. The van der Waals surface area contributed by atoms with Gasteiger partial charge in [0.2, 0.25) is 5.90 Å². The Bertz CT molecular complexity index is 457. The van der Waals surface area contributed by atoms with Crippen molar-refractivity contribution in [2.24, 2.45) is 10.9 Å². The summed E-state index contributed by atoms with van der Waals surface area (Å²) >= 11 is 0. The van der Waals surface area contributed by atoms with Crippen LogP contribution in [0.5, 0.6) is 0 Å². The number of pyridine rings is 1. The maximum absolute atomic E-state index is 9.26. The molecule has 1 aliphatic heterocycles. The number of aromatic nitrogens is 1. The highest BCUT2D eigenvalue weighted by atomic mass is 16.5. The van der Waals surface area contributed by atoms with Gasteiger partial charge in [0, 0.05) is 5.69 Å². The van der Waals surface area contributed by atoms with Gasteiger partial charge in [0.15, 0.2) is 0 Å². The van der Waals surface area contributed by atoms with Crippen molar-refractivity contribution in [1.29, 1.82) is 0 Å². The molecule has 1 aliphatic rings. The fraction of sp³-hybridized carbons (Fsp3) is 0.571. The van der Waals surface area contributed by atoms with Crippen LogP contribution in [-0.4, -0.2) is 34.7 Å². The topological polar surface area (TPSA) is 54.7 Å². The van der Waals surface area contributed by atoms with E-state index in [0.29, 0.717) is 18.4 Å². The molecule has 0 bridgehead atoms. The summed E-state index contributed by atoms with van der Waals surface area (Å²) in [6.45, 7) is 6.61. The van der Waals surface area contributed by atoms with Gasteiger partial charge in [-0.3, -0.25) is 0 Å². The highest BCUT2D eigenvalue weighted by Gasteiger charge is 2.32. The van der Waals surface area contributed by atoms with Crippen molar-refractivity contribution in [3.8, 4) is 0 Å². The number of nitrogens with zero attached hydrogens (tertiary/aromatic N) is 2. The molecule has 0 unspecified atom stereocenters. The second kappa shape index (κ2) is 5.06. The van der Waals surface area contributed by atoms with E-state index in [1.807, 2.05) is 25.1 Å². The number of ether oxygens (including phenoxy) is 1. The van der Waals surface area contributed by atoms with Gasteiger partial charge in [0.25, 0.3) is 0 Å². The van der Waals surface area contributed by atoms with E-state index in [1.165, 1.54) is 0 Å². The fourth-order valence-electron chi connectivity index (χ4n) is 1.88. The lowest BCUT2D eigenvalue weighted by Gasteiger charge is -2.12. The van der Waals surface area contributed by atoms with Gasteiger partial charge in [-0.05, 0) is 31.4 Å². The van der Waals surface area contributed by atoms with Crippen molar-refractivity contribution in [2.45, 2.75) is 32.7 Å². The van der Waals surface area contributed by atoms with Gasteiger partial charge in [-0.2, -0.15) is 0 Å². The summed E-state index contributed by atoms with van der Waals surface area (Å²) in [5, 5.41) is 9.26. The van der Waals surface area contributed by atoms with Crippen LogP contribution in [-0.2, 0) is 11.2 Å². The van der Waals surface area contributed by atoms with Gasteiger partial charge >= 0.3 is 0 Å². The van der Waals surface area contributed by atoms with Crippen molar-refractivity contribution in [3.63, 3.8) is 0 Å². The molecule has 4 heteroatoms. The molecule has 1 aromatic rings. The Morgan fingerprint density at radius 3 is 2.83 bits per heavy atom. The molecule has 1 N–H and O–H groups in total. The van der Waals surface area contributed by atoms with Crippen molar-refractivity contribution in [1.82, 2.24) is 4.98 Å². The normalized spacial score (nSPS) is 23.1. The first-order valence-corrected chi connectivity index (χ1v) is 6.32. The van der Waals surface area contributed by atoms with Crippen LogP contribution in [0, 0.1) is 5.92 Å². The second-order valence-electron chi connectivity index (χ2n) is 5.47. The minimum Gasteiger partial charge on any atom is -0.474 e. The second-order valence-corrected chi connectivity index (χ2v) is 5.47. The van der Waals surface area contributed by atoms with Crippen molar-refractivity contribution in [2.75, 3.05) is 13.2 Å². The molecule has 2 rings (SSSR count). The zero-order chi connectivity index (χ0) is 13.2. The van der Waals surface area contributed by atoms with Crippen LogP contribution in [0.25, 0.3) is 0 Å². The summed E-state index contributed by atoms with van der Waals surface area (Å²) in [5.74, 6) is 1.11. The van der Waals surface area contributed by atoms with E-state index in [1.54, 1.807) is 0 Å². The molecule has 0 saturated heterocycles. The van der Waals surface area contributed by atoms with Crippen LogP contribution in [0.4, 0.5) is 0 Å². The van der Waals surface area contributed by atoms with Crippen molar-refractivity contribution >= 4 is 5.90 Å². The number of aliphatic hydroxyl groups is 1. The molecule has 0 saturated carbocycles. The van der Waals surface area contributed by atoms with Crippen LogP contribution >= 0.6 is 0 Å². The summed E-state index contributed by atoms with van der Waals surface area (Å²) in [4.78, 5) is 8.97. The molecule has 0 aromatic carbocycles. The van der Waals surface area contributed by atoms with Gasteiger partial charge in [-0.15, -0.1) is 0 Å². The Morgan fingerprint density at radius 2 is 2.22 bits per heavy atom. The van der Waals surface area contributed by atoms with E-state index in [0.717, 1.165) is 17.8 Å². The highest BCUT2D eigenvalue weighted by Crippen LogP contribution is 2.20. The Morgan fingerprint density at radius 1 is 1.44 bits per heavy atom. The molecule has 18 heavy (non-hydrogen) atoms. The van der Waals surface area contributed by atoms with E-state index in [9.17, 15) is 5.11 Å². The average molecular weight is 248 g/mol. The molecule has 0 aliphatic carbocycles. The third-order valence-corrected chi connectivity index (χ3v) is 2.88. The van der Waals surface area contributed by atoms with Gasteiger partial charge in [0.05, 0.1) is 6.61 Å². The van der Waals surface area contributed by atoms with E-state index >= 15 is 0 Å². The number of hydrogen-bond donors (Lipinski definition) is 1. The first-order chi connectivity index (χ1) is 8.52. The molecular formula is C14H20N2O2. The molecule has 1 aromatic heterocycles. The zero-order valence-electron chi connectivity index (χ0n) is 11.2. The Labute approximate surface area is 108 Å². The first kappa shape index (κ1) is 13.0. The van der Waals surface area contributed by atoms with Crippen LogP contribution < -0.4 is 0 Å². The molecule has 1 atom stereocenters. The highest BCUT2D eigenvalue weighted by molar-refractivity contribution is 5.93. The largest absolute Gasteiger partial charge is 0.474 e. The third-order valence-electron chi connectivity index (χ3n) is 2.88. The summed E-state index contributed by atoms with van der Waals surface area (Å²) in [5.41, 5.74) is 1.28. The lowest BCUT2D eigenvalue weighted by atomic mass is 10.1. The first-order valence-electron chi connectivity index (χ1n) is 6.32. The number of aliphatic hydroxyl groups excluding tert-OH is 1. The molecule has 0 radical (unpaired) electrons. The van der Waals surface area contributed by atoms with Gasteiger partial charge in [-0.1, -0.05) is 19.9 Å². The third kappa shape index (κ3) is 2.88. The van der Waals surface area contributed by atoms with Gasteiger partial charge < -0.3 is 9.84 Å². The van der Waals surface area contributed by atoms with E-state index in [2.05, 4.69) is 23.8 Å². The summed E-state index contributed by atoms with van der Waals surface area (Å²) in [6, 6.07) is 5.89. The average Bonchev–Trinajstić information content (AvgIpc) is 2.72. The minimum atomic E-state index is -0.523. The maximum atomic E-state index is 9.26. The van der Waals surface area contributed by atoms with E-state index in [4.69, 9.17) is 4.74 Å². The van der Waals surface area contributed by atoms with Gasteiger partial charge in [-0.25, -0.2) is 9.98 Å². The number of aliphatic imine (C=N–C) groups is 1. The quantitative estimate of drug-likeness (QED) is 0.884. The van der Waals surface area contributed by atoms with Gasteiger partial charge in [0.1, 0.15) is 17.8 Å². The summed E-state index contributed by atoms with van der Waals surface area (Å²) in [6.07, 6.45) is 0.943. The lowest BCUT2D eigenvalue weighted by Crippen LogP contribution is -2.28. The fourth-order valence-corrected chi connectivity index (χ4v) is 1.88. The summed E-state index contributed by atoms with van der Waals surface area (Å²) in [7, 11) is 0. The van der Waals surface area contributed by atoms with E-state index in [-0.39, 0.29) is 6.61 Å². The Balaban J connectivity index is 2.22. The van der Waals surface area contributed by atoms with Crippen LogP contribution in [0.3, 0.4) is 0 Å². The molecule has 0 amide bonds. The zero-order valence-corrected chi connectivity index (χ0v) is 11.2. The van der Waals surface area contributed by atoms with Crippen LogP contribution in [0.15, 0.2) is 23.2 Å². The predicted molar refractivity (Wildman–Crippen MR) is 70.8 cm³/mol. The van der Waals surface area contributed by atoms with Crippen LogP contribution in [0.1, 0.15) is 32.2 Å². The molecule has 98 valence electrons. The van der Waals surface area contributed by atoms with Crippen molar-refractivity contribution < 1.29 is 9.84 Å². The predicted octanol–water partition coefficient (Wildman–Crippen LogP) is 1.81.